The van der Waals surface area contributed by atoms with Gasteiger partial charge >= 0.3 is 7.82 Å². The van der Waals surface area contributed by atoms with Crippen molar-refractivity contribution in [2.45, 2.75) is 68.9 Å². The topological polar surface area (TPSA) is 287 Å². The van der Waals surface area contributed by atoms with Crippen LogP contribution in [0, 0.1) is 0 Å². The van der Waals surface area contributed by atoms with E-state index in [1.54, 1.807) is 30.3 Å². The van der Waals surface area contributed by atoms with E-state index >= 15 is 0 Å². The largest absolute Gasteiger partial charge is 0.524 e. The molecule has 3 rings (SSSR count). The molecule has 0 saturated carbocycles. The maximum absolute atomic E-state index is 13.9. The molecule has 2 aromatic carbocycles. The molecule has 1 aliphatic rings. The number of phosphoric acid groups is 1. The predicted molar refractivity (Wildman–Crippen MR) is 179 cm³/mol. The van der Waals surface area contributed by atoms with Crippen molar-refractivity contribution in [2.75, 3.05) is 19.8 Å². The summed E-state index contributed by atoms with van der Waals surface area (Å²) in [6.45, 7) is -0.0333. The van der Waals surface area contributed by atoms with E-state index in [1.807, 2.05) is 0 Å². The highest BCUT2D eigenvalue weighted by Crippen LogP contribution is 2.37. The minimum atomic E-state index is -4.84. The van der Waals surface area contributed by atoms with E-state index in [0.29, 0.717) is 18.3 Å². The van der Waals surface area contributed by atoms with Crippen LogP contribution in [0.1, 0.15) is 30.9 Å². The first-order valence-electron chi connectivity index (χ1n) is 16.0. The van der Waals surface area contributed by atoms with Crippen LogP contribution in [0.2, 0.25) is 0 Å². The fourth-order valence-electron chi connectivity index (χ4n) is 5.27. The number of benzene rings is 2. The molecule has 51 heavy (non-hydrogen) atoms. The zero-order valence-corrected chi connectivity index (χ0v) is 28.6. The normalized spacial score (nSPS) is 17.2. The van der Waals surface area contributed by atoms with Gasteiger partial charge in [-0.05, 0) is 49.4 Å². The van der Waals surface area contributed by atoms with Gasteiger partial charge in [0.2, 0.25) is 29.5 Å². The Bertz CT molecular complexity index is 1570. The molecule has 0 unspecified atom stereocenters. The van der Waals surface area contributed by atoms with Gasteiger partial charge in [-0.15, -0.1) is 0 Å². The predicted octanol–water partition coefficient (Wildman–Crippen LogP) is -2.60. The Hall–Kier alpha value is -4.71. The number of likely N-dealkylation sites (tertiary alicyclic amines) is 1. The number of nitrogens with two attached hydrogens (primary N) is 1. The third-order valence-corrected chi connectivity index (χ3v) is 8.38. The van der Waals surface area contributed by atoms with Crippen LogP contribution < -0.4 is 31.5 Å². The number of amides is 5. The summed E-state index contributed by atoms with van der Waals surface area (Å²) >= 11 is 0. The molecule has 1 heterocycles. The molecule has 19 heteroatoms. The second-order valence-electron chi connectivity index (χ2n) is 11.9. The van der Waals surface area contributed by atoms with E-state index in [4.69, 9.17) is 15.5 Å². The summed E-state index contributed by atoms with van der Waals surface area (Å²) < 4.78 is 15.8. The molecule has 18 nitrogen and oxygen atoms in total. The second kappa shape index (κ2) is 19.1. The monoisotopic (exact) mass is 734 g/mol. The van der Waals surface area contributed by atoms with Gasteiger partial charge in [0.15, 0.2) is 0 Å². The van der Waals surface area contributed by atoms with E-state index in [0.717, 1.165) is 5.56 Å². The molecule has 6 atom stereocenters. The molecule has 278 valence electrons. The van der Waals surface area contributed by atoms with Gasteiger partial charge in [0, 0.05) is 13.0 Å². The SMILES string of the molecule is C[C@H](NC(=O)[C@H](CO)NC(=O)[C@@H](N)Cc1ccccc1)C(=O)N[C@@H](Cc1ccc(OP(=O)(O)O)cc1)C(=O)N1CCC[C@H]1C(=O)N[C@H](C=O)CO. The number of aldehydes is 1. The number of nitrogens with one attached hydrogen (secondary N) is 4. The van der Waals surface area contributed by atoms with Crippen molar-refractivity contribution in [3.05, 3.63) is 65.7 Å². The van der Waals surface area contributed by atoms with Crippen LogP contribution in [-0.2, 0) is 46.2 Å². The molecular weight excluding hydrogens is 691 g/mol. The number of carbonyl (C=O) groups is 6. The molecule has 0 spiro atoms. The number of hydrogen-bond acceptors (Lipinski definition) is 11. The van der Waals surface area contributed by atoms with E-state index in [2.05, 4.69) is 25.8 Å². The van der Waals surface area contributed by atoms with Crippen molar-refractivity contribution >= 4 is 43.6 Å². The molecule has 5 amide bonds. The van der Waals surface area contributed by atoms with E-state index < -0.39 is 86.8 Å². The van der Waals surface area contributed by atoms with Crippen LogP contribution >= 0.6 is 7.82 Å². The smallest absolute Gasteiger partial charge is 0.404 e. The second-order valence-corrected chi connectivity index (χ2v) is 13.0. The van der Waals surface area contributed by atoms with Crippen molar-refractivity contribution in [3.63, 3.8) is 0 Å². The number of nitrogens with zero attached hydrogens (tertiary/aromatic N) is 1. The Kier molecular flexibility index (Phi) is 15.2. The lowest BCUT2D eigenvalue weighted by Crippen LogP contribution is -2.59. The molecule has 0 bridgehead atoms. The average molecular weight is 735 g/mol. The molecule has 0 radical (unpaired) electrons. The number of phosphoric ester groups is 1. The number of aliphatic hydroxyl groups is 2. The van der Waals surface area contributed by atoms with Gasteiger partial charge in [0.05, 0.1) is 19.3 Å². The van der Waals surface area contributed by atoms with Crippen LogP contribution in [0.5, 0.6) is 5.75 Å². The van der Waals surface area contributed by atoms with Gasteiger partial charge in [-0.2, -0.15) is 0 Å². The maximum Gasteiger partial charge on any atom is 0.524 e. The van der Waals surface area contributed by atoms with Crippen molar-refractivity contribution in [3.8, 4) is 5.75 Å². The molecular formula is C32H43N6O12P. The standard InChI is InChI=1S/C32H43N6O12P/c1-19(34-30(44)26(18-41)37-29(43)24(33)14-20-6-3-2-4-7-20)28(42)36-25(15-21-9-11-23(12-10-21)50-51(47,48)49)32(46)38-13-5-8-27(38)31(45)35-22(16-39)17-40/h2-4,6-7,9-12,16,19,22,24-27,40-41H,5,8,13-15,17-18,33H2,1H3,(H,34,44)(H,35,45)(H,36,42)(H,37,43)(H2,47,48,49)/t19-,22+,24-,25-,26-,27-/m0/s1. The van der Waals surface area contributed by atoms with Gasteiger partial charge in [0.1, 0.15) is 42.2 Å². The summed E-state index contributed by atoms with van der Waals surface area (Å²) in [5, 5.41) is 28.8. The Balaban J connectivity index is 1.74. The van der Waals surface area contributed by atoms with Crippen molar-refractivity contribution < 1.29 is 57.9 Å². The summed E-state index contributed by atoms with van der Waals surface area (Å²) in [6.07, 6.45) is 0.996. The third-order valence-electron chi connectivity index (χ3n) is 7.93. The summed E-state index contributed by atoms with van der Waals surface area (Å²) in [5.41, 5.74) is 7.18. The van der Waals surface area contributed by atoms with Crippen LogP contribution in [0.15, 0.2) is 54.6 Å². The van der Waals surface area contributed by atoms with Crippen molar-refractivity contribution in [2.24, 2.45) is 5.73 Å². The van der Waals surface area contributed by atoms with Crippen LogP contribution in [-0.4, -0.2) is 117 Å². The number of hydrogen-bond donors (Lipinski definition) is 9. The van der Waals surface area contributed by atoms with Crippen LogP contribution in [0.3, 0.4) is 0 Å². The lowest BCUT2D eigenvalue weighted by atomic mass is 10.0. The Morgan fingerprint density at radius 3 is 2.10 bits per heavy atom. The van der Waals surface area contributed by atoms with E-state index in [1.165, 1.54) is 36.1 Å². The minimum Gasteiger partial charge on any atom is -0.404 e. The zero-order valence-electron chi connectivity index (χ0n) is 27.7. The zero-order chi connectivity index (χ0) is 37.7. The Morgan fingerprint density at radius 2 is 1.51 bits per heavy atom. The first-order chi connectivity index (χ1) is 24.1. The van der Waals surface area contributed by atoms with Crippen LogP contribution in [0.25, 0.3) is 0 Å². The molecule has 0 aliphatic carbocycles. The molecule has 0 aromatic heterocycles. The van der Waals surface area contributed by atoms with Gasteiger partial charge in [-0.25, -0.2) is 4.57 Å². The highest BCUT2D eigenvalue weighted by molar-refractivity contribution is 7.46. The highest BCUT2D eigenvalue weighted by Gasteiger charge is 2.39. The molecule has 10 N–H and O–H groups in total. The number of aliphatic hydroxyl groups excluding tert-OH is 2. The first-order valence-corrected chi connectivity index (χ1v) is 17.5. The first kappa shape index (κ1) is 40.7. The molecule has 2 aromatic rings. The highest BCUT2D eigenvalue weighted by atomic mass is 31.2. The Morgan fingerprint density at radius 1 is 0.882 bits per heavy atom. The number of carbonyl (C=O) groups excluding carboxylic acids is 6. The lowest BCUT2D eigenvalue weighted by Gasteiger charge is -2.30. The van der Waals surface area contributed by atoms with Crippen molar-refractivity contribution in [1.29, 1.82) is 0 Å². The van der Waals surface area contributed by atoms with E-state index in [-0.39, 0.29) is 31.6 Å². The summed E-state index contributed by atoms with van der Waals surface area (Å²) in [7, 11) is -4.84. The fraction of sp³-hybridized carbons (Fsp3) is 0.438. The average Bonchev–Trinajstić information content (AvgIpc) is 3.59. The molecule has 1 fully saturated rings. The van der Waals surface area contributed by atoms with E-state index in [9.17, 15) is 43.5 Å². The quantitative estimate of drug-likeness (QED) is 0.0562. The summed E-state index contributed by atoms with van der Waals surface area (Å²) in [6, 6.07) is 6.87. The number of rotatable bonds is 18. The van der Waals surface area contributed by atoms with Crippen LogP contribution in [0.4, 0.5) is 0 Å². The minimum absolute atomic E-state index is 0.125. The third kappa shape index (κ3) is 12.5. The summed E-state index contributed by atoms with van der Waals surface area (Å²) in [5.74, 6) is -3.99. The molecule has 1 saturated heterocycles. The Labute approximate surface area is 293 Å². The lowest BCUT2D eigenvalue weighted by molar-refractivity contribution is -0.142. The van der Waals surface area contributed by atoms with Gasteiger partial charge < -0.3 is 51.4 Å². The van der Waals surface area contributed by atoms with Gasteiger partial charge in [-0.3, -0.25) is 33.8 Å². The molecule has 1 aliphatic heterocycles. The van der Waals surface area contributed by atoms with Gasteiger partial charge in [0.25, 0.3) is 0 Å². The summed E-state index contributed by atoms with van der Waals surface area (Å²) in [4.78, 5) is 96.4. The van der Waals surface area contributed by atoms with Gasteiger partial charge in [-0.1, -0.05) is 42.5 Å². The fourth-order valence-corrected chi connectivity index (χ4v) is 5.67. The van der Waals surface area contributed by atoms with Crippen molar-refractivity contribution in [1.82, 2.24) is 26.2 Å². The maximum atomic E-state index is 13.9.